The lowest BCUT2D eigenvalue weighted by molar-refractivity contribution is 0.0745. The van der Waals surface area contributed by atoms with Crippen molar-refractivity contribution in [1.82, 2.24) is 14.5 Å². The number of fused-ring (bicyclic) bond motifs is 3. The standard InChI is InChI=1S/C22H24N4O2/c1-24(2)12-13-26-22(27)21-14-17-6-4-5-7-20(17)25(21)15-19(23-26)16-8-10-18(28-3)11-9-16/h4-11,14H,12-13,15H2,1-3H3. The highest BCUT2D eigenvalue weighted by Crippen LogP contribution is 2.25. The van der Waals surface area contributed by atoms with Crippen LogP contribution in [-0.4, -0.2) is 60.4 Å². The van der Waals surface area contributed by atoms with Crippen LogP contribution in [0.2, 0.25) is 0 Å². The minimum Gasteiger partial charge on any atom is -0.497 e. The largest absolute Gasteiger partial charge is 0.497 e. The van der Waals surface area contributed by atoms with Crippen LogP contribution in [0.25, 0.3) is 10.9 Å². The Morgan fingerprint density at radius 1 is 1.11 bits per heavy atom. The first-order chi connectivity index (χ1) is 13.6. The van der Waals surface area contributed by atoms with Crippen molar-refractivity contribution in [2.45, 2.75) is 6.54 Å². The molecule has 0 spiro atoms. The van der Waals surface area contributed by atoms with E-state index in [9.17, 15) is 4.79 Å². The van der Waals surface area contributed by atoms with Crippen LogP contribution >= 0.6 is 0 Å². The first-order valence-electron chi connectivity index (χ1n) is 9.33. The number of hydrazone groups is 1. The Labute approximate surface area is 164 Å². The predicted octanol–water partition coefficient (Wildman–Crippen LogP) is 3.07. The summed E-state index contributed by atoms with van der Waals surface area (Å²) < 4.78 is 7.34. The zero-order chi connectivity index (χ0) is 19.7. The SMILES string of the molecule is COc1ccc(C2=NN(CCN(C)C)C(=O)c3cc4ccccc4n3C2)cc1. The Balaban J connectivity index is 1.81. The van der Waals surface area contributed by atoms with E-state index >= 15 is 0 Å². The number of benzene rings is 2. The fraction of sp³-hybridized carbons (Fsp3) is 0.273. The van der Waals surface area contributed by atoms with Crippen molar-refractivity contribution in [3.63, 3.8) is 0 Å². The van der Waals surface area contributed by atoms with Gasteiger partial charge >= 0.3 is 0 Å². The van der Waals surface area contributed by atoms with Crippen molar-refractivity contribution in [3.8, 4) is 5.75 Å². The zero-order valence-corrected chi connectivity index (χ0v) is 16.4. The maximum absolute atomic E-state index is 13.3. The van der Waals surface area contributed by atoms with Gasteiger partial charge in [0.1, 0.15) is 11.4 Å². The van der Waals surface area contributed by atoms with Gasteiger partial charge < -0.3 is 14.2 Å². The molecule has 0 saturated heterocycles. The Kier molecular flexibility index (Phi) is 4.88. The molecule has 0 saturated carbocycles. The van der Waals surface area contributed by atoms with Crippen molar-refractivity contribution in [2.75, 3.05) is 34.3 Å². The number of carbonyl (C=O) groups excluding carboxylic acids is 1. The molecule has 1 aliphatic rings. The Bertz CT molecular complexity index is 1030. The third-order valence-electron chi connectivity index (χ3n) is 5.00. The number of likely N-dealkylation sites (N-methyl/N-ethyl adjacent to an activating group) is 1. The molecule has 2 aromatic carbocycles. The molecule has 144 valence electrons. The lowest BCUT2D eigenvalue weighted by Gasteiger charge is -2.19. The van der Waals surface area contributed by atoms with E-state index in [1.807, 2.05) is 68.7 Å². The summed E-state index contributed by atoms with van der Waals surface area (Å²) in [5.41, 5.74) is 3.55. The van der Waals surface area contributed by atoms with Crippen LogP contribution in [0.3, 0.4) is 0 Å². The Morgan fingerprint density at radius 3 is 2.57 bits per heavy atom. The van der Waals surface area contributed by atoms with Gasteiger partial charge in [-0.25, -0.2) is 5.01 Å². The molecule has 6 nitrogen and oxygen atoms in total. The Hall–Kier alpha value is -3.12. The Morgan fingerprint density at radius 2 is 1.86 bits per heavy atom. The van der Waals surface area contributed by atoms with Crippen LogP contribution in [0.5, 0.6) is 5.75 Å². The molecular weight excluding hydrogens is 352 g/mol. The molecule has 3 aromatic rings. The van der Waals surface area contributed by atoms with Crippen molar-refractivity contribution in [2.24, 2.45) is 5.10 Å². The molecule has 0 atom stereocenters. The van der Waals surface area contributed by atoms with E-state index in [4.69, 9.17) is 9.84 Å². The number of carbonyl (C=O) groups is 1. The van der Waals surface area contributed by atoms with Crippen molar-refractivity contribution < 1.29 is 9.53 Å². The lowest BCUT2D eigenvalue weighted by Crippen LogP contribution is -2.33. The molecule has 0 fully saturated rings. The van der Waals surface area contributed by atoms with Crippen LogP contribution in [0, 0.1) is 0 Å². The average Bonchev–Trinajstić information content (AvgIpc) is 3.01. The molecule has 0 bridgehead atoms. The van der Waals surface area contributed by atoms with Gasteiger partial charge in [0.25, 0.3) is 5.91 Å². The van der Waals surface area contributed by atoms with Crippen LogP contribution in [0.15, 0.2) is 59.7 Å². The maximum atomic E-state index is 13.3. The van der Waals surface area contributed by atoms with Crippen molar-refractivity contribution >= 4 is 22.5 Å². The number of hydrogen-bond donors (Lipinski definition) is 0. The topological polar surface area (TPSA) is 50.1 Å². The van der Waals surface area contributed by atoms with Crippen LogP contribution < -0.4 is 4.74 Å². The summed E-state index contributed by atoms with van der Waals surface area (Å²) >= 11 is 0. The monoisotopic (exact) mass is 376 g/mol. The maximum Gasteiger partial charge on any atom is 0.290 e. The number of para-hydroxylation sites is 1. The van der Waals surface area contributed by atoms with E-state index in [1.165, 1.54) is 0 Å². The number of rotatable bonds is 5. The molecule has 1 aromatic heterocycles. The molecule has 0 N–H and O–H groups in total. The van der Waals surface area contributed by atoms with Gasteiger partial charge in [0.05, 0.1) is 25.9 Å². The summed E-state index contributed by atoms with van der Waals surface area (Å²) in [4.78, 5) is 15.3. The smallest absolute Gasteiger partial charge is 0.290 e. The van der Waals surface area contributed by atoms with Crippen LogP contribution in [-0.2, 0) is 6.54 Å². The van der Waals surface area contributed by atoms with E-state index < -0.39 is 0 Å². The van der Waals surface area contributed by atoms with Gasteiger partial charge in [-0.3, -0.25) is 4.79 Å². The first-order valence-corrected chi connectivity index (χ1v) is 9.33. The molecule has 0 aliphatic carbocycles. The molecule has 4 rings (SSSR count). The summed E-state index contributed by atoms with van der Waals surface area (Å²) in [5, 5.41) is 7.42. The highest BCUT2D eigenvalue weighted by molar-refractivity contribution is 6.06. The van der Waals surface area contributed by atoms with E-state index in [2.05, 4.69) is 9.47 Å². The second-order valence-electron chi connectivity index (χ2n) is 7.18. The van der Waals surface area contributed by atoms with Gasteiger partial charge in [-0.2, -0.15) is 5.10 Å². The number of hydrogen-bond acceptors (Lipinski definition) is 4. The highest BCUT2D eigenvalue weighted by Gasteiger charge is 2.26. The molecule has 2 heterocycles. The van der Waals surface area contributed by atoms with E-state index in [-0.39, 0.29) is 5.91 Å². The molecule has 0 radical (unpaired) electrons. The van der Waals surface area contributed by atoms with Gasteiger partial charge in [-0.05, 0) is 56.1 Å². The van der Waals surface area contributed by atoms with Gasteiger partial charge in [-0.15, -0.1) is 0 Å². The minimum atomic E-state index is -0.0680. The first kappa shape index (κ1) is 18.3. The predicted molar refractivity (Wildman–Crippen MR) is 111 cm³/mol. The summed E-state index contributed by atoms with van der Waals surface area (Å²) in [6, 6.07) is 17.9. The number of amides is 1. The second-order valence-corrected chi connectivity index (χ2v) is 7.18. The normalized spacial score (nSPS) is 14.2. The third kappa shape index (κ3) is 3.39. The second kappa shape index (κ2) is 7.48. The van der Waals surface area contributed by atoms with Gasteiger partial charge in [0.15, 0.2) is 0 Å². The number of methoxy groups -OCH3 is 1. The molecule has 0 unspecified atom stereocenters. The molecule has 6 heteroatoms. The number of ether oxygens (including phenoxy) is 1. The van der Waals surface area contributed by atoms with Gasteiger partial charge in [-0.1, -0.05) is 18.2 Å². The summed E-state index contributed by atoms with van der Waals surface area (Å²) in [5.74, 6) is 0.729. The number of aromatic nitrogens is 1. The minimum absolute atomic E-state index is 0.0680. The average molecular weight is 376 g/mol. The van der Waals surface area contributed by atoms with Crippen LogP contribution in [0.1, 0.15) is 16.1 Å². The molecule has 1 aliphatic heterocycles. The van der Waals surface area contributed by atoms with Crippen molar-refractivity contribution in [3.05, 3.63) is 65.9 Å². The number of nitrogens with zero attached hydrogens (tertiary/aromatic N) is 4. The quantitative estimate of drug-likeness (QED) is 0.688. The van der Waals surface area contributed by atoms with Crippen molar-refractivity contribution in [1.29, 1.82) is 0 Å². The zero-order valence-electron chi connectivity index (χ0n) is 16.4. The van der Waals surface area contributed by atoms with E-state index in [0.29, 0.717) is 18.8 Å². The van der Waals surface area contributed by atoms with Crippen LogP contribution in [0.4, 0.5) is 0 Å². The van der Waals surface area contributed by atoms with Gasteiger partial charge in [0.2, 0.25) is 0 Å². The lowest BCUT2D eigenvalue weighted by atomic mass is 10.1. The molecular formula is C22H24N4O2. The highest BCUT2D eigenvalue weighted by atomic mass is 16.5. The summed E-state index contributed by atoms with van der Waals surface area (Å²) in [6.07, 6.45) is 0. The van der Waals surface area contributed by atoms with Gasteiger partial charge in [0, 0.05) is 17.4 Å². The summed E-state index contributed by atoms with van der Waals surface area (Å²) in [7, 11) is 5.64. The van der Waals surface area contributed by atoms with E-state index in [1.54, 1.807) is 12.1 Å². The third-order valence-corrected chi connectivity index (χ3v) is 5.00. The van der Waals surface area contributed by atoms with E-state index in [0.717, 1.165) is 34.5 Å². The summed E-state index contributed by atoms with van der Waals surface area (Å²) in [6.45, 7) is 1.82. The molecule has 1 amide bonds. The fourth-order valence-electron chi connectivity index (χ4n) is 3.44. The molecule has 28 heavy (non-hydrogen) atoms. The fourth-order valence-corrected chi connectivity index (χ4v) is 3.44.